The van der Waals surface area contributed by atoms with Gasteiger partial charge in [-0.1, -0.05) is 61.9 Å². The zero-order valence-electron chi connectivity index (χ0n) is 29.8. The molecule has 3 aromatic carbocycles. The first-order valence-corrected chi connectivity index (χ1v) is 17.4. The molecule has 0 radical (unpaired) electrons. The minimum absolute atomic E-state index is 0.235. The zero-order valence-corrected chi connectivity index (χ0v) is 29.8. The Morgan fingerprint density at radius 2 is 1.50 bits per heavy atom. The van der Waals surface area contributed by atoms with Gasteiger partial charge in [0.1, 0.15) is 17.6 Å². The number of imidazole rings is 1. The van der Waals surface area contributed by atoms with Gasteiger partial charge in [0.15, 0.2) is 11.5 Å². The molecule has 0 saturated carbocycles. The van der Waals surface area contributed by atoms with E-state index in [0.29, 0.717) is 42.9 Å². The van der Waals surface area contributed by atoms with Crippen LogP contribution in [-0.4, -0.2) is 88.5 Å². The smallest absolute Gasteiger partial charge is 0.336 e. The highest BCUT2D eigenvalue weighted by Crippen LogP contribution is 2.30. The van der Waals surface area contributed by atoms with Gasteiger partial charge in [0, 0.05) is 38.8 Å². The van der Waals surface area contributed by atoms with E-state index in [0.717, 1.165) is 60.7 Å². The molecule has 0 bridgehead atoms. The van der Waals surface area contributed by atoms with E-state index in [1.807, 2.05) is 60.7 Å². The summed E-state index contributed by atoms with van der Waals surface area (Å²) in [6.07, 6.45) is 3.77. The van der Waals surface area contributed by atoms with Crippen molar-refractivity contribution in [2.75, 3.05) is 52.9 Å². The minimum atomic E-state index is -0.952. The maximum atomic E-state index is 11.7. The molecule has 5 aromatic rings. The molecular weight excluding hydrogens is 630 g/mol. The number of nitrogens with zero attached hydrogens (tertiary/aromatic N) is 7. The number of unbranched alkanes of at least 4 members (excludes halogenated alkanes) is 1. The average Bonchev–Trinajstić information content (AvgIpc) is 3.79. The molecule has 1 aliphatic heterocycles. The maximum Gasteiger partial charge on any atom is 0.336 e. The largest absolute Gasteiger partial charge is 0.497 e. The van der Waals surface area contributed by atoms with Crippen LogP contribution >= 0.6 is 0 Å². The van der Waals surface area contributed by atoms with Crippen molar-refractivity contribution in [3.63, 3.8) is 0 Å². The molecule has 3 heterocycles. The number of anilines is 1. The number of aliphatic hydroxyl groups is 1. The van der Waals surface area contributed by atoms with E-state index >= 15 is 0 Å². The van der Waals surface area contributed by atoms with Crippen LogP contribution in [0.4, 0.5) is 5.82 Å². The SMILES string of the molecule is CCCCOc1nc(N(Cc2ccc(OC)cc2)Cc2ccc(OC)cc2)c2ncc(C(O)c3ccc(CN4CCC(N(C)C)C4)cc3)n2n1. The summed E-state index contributed by atoms with van der Waals surface area (Å²) in [5.41, 5.74) is 5.21. The predicted molar refractivity (Wildman–Crippen MR) is 195 cm³/mol. The number of ether oxygens (including phenoxy) is 3. The van der Waals surface area contributed by atoms with E-state index in [1.54, 1.807) is 24.9 Å². The summed E-state index contributed by atoms with van der Waals surface area (Å²) in [5.74, 6) is 2.19. The second-order valence-electron chi connectivity index (χ2n) is 13.2. The van der Waals surface area contributed by atoms with Gasteiger partial charge < -0.3 is 29.1 Å². The standard InChI is InChI=1S/C39H49N7O4/c1-6-7-22-50-39-41-38(45(25-29-10-16-33(48-4)17-11-29)26-30-12-18-34(49-5)19-13-30)37-40-23-35(46(37)42-39)36(47)31-14-8-28(9-15-31)24-44-21-20-32(27-44)43(2)3/h8-19,23,32,36,47H,6-7,20-22,24-27H2,1-5H3. The molecule has 50 heavy (non-hydrogen) atoms. The second kappa shape index (κ2) is 16.3. The first-order chi connectivity index (χ1) is 24.3. The van der Waals surface area contributed by atoms with Gasteiger partial charge in [-0.05, 0) is 73.5 Å². The molecule has 264 valence electrons. The monoisotopic (exact) mass is 679 g/mol. The van der Waals surface area contributed by atoms with E-state index in [-0.39, 0.29) is 6.01 Å². The lowest BCUT2D eigenvalue weighted by molar-refractivity contribution is 0.211. The lowest BCUT2D eigenvalue weighted by Gasteiger charge is -2.25. The molecule has 1 fully saturated rings. The average molecular weight is 680 g/mol. The fourth-order valence-corrected chi connectivity index (χ4v) is 6.35. The highest BCUT2D eigenvalue weighted by molar-refractivity contribution is 5.65. The Morgan fingerprint density at radius 3 is 2.06 bits per heavy atom. The van der Waals surface area contributed by atoms with Crippen molar-refractivity contribution >= 4 is 11.5 Å². The summed E-state index contributed by atoms with van der Waals surface area (Å²) < 4.78 is 18.6. The number of aliphatic hydroxyl groups excluding tert-OH is 1. The van der Waals surface area contributed by atoms with Crippen molar-refractivity contribution in [1.29, 1.82) is 0 Å². The van der Waals surface area contributed by atoms with E-state index in [4.69, 9.17) is 29.3 Å². The Hall–Kier alpha value is -4.71. The van der Waals surface area contributed by atoms with Gasteiger partial charge in [0.05, 0.1) is 32.7 Å². The fraction of sp³-hybridized carbons (Fsp3) is 0.410. The predicted octanol–water partition coefficient (Wildman–Crippen LogP) is 5.74. The summed E-state index contributed by atoms with van der Waals surface area (Å²) in [5, 5.41) is 16.5. The van der Waals surface area contributed by atoms with Crippen molar-refractivity contribution in [3.05, 3.63) is 107 Å². The first-order valence-electron chi connectivity index (χ1n) is 17.4. The molecule has 2 aromatic heterocycles. The number of likely N-dealkylation sites (tertiary alicyclic amines) is 1. The molecule has 1 saturated heterocycles. The van der Waals surface area contributed by atoms with Crippen LogP contribution in [0.2, 0.25) is 0 Å². The number of aromatic nitrogens is 4. The summed E-state index contributed by atoms with van der Waals surface area (Å²) in [7, 11) is 7.63. The van der Waals surface area contributed by atoms with Crippen LogP contribution in [0.1, 0.15) is 60.2 Å². The highest BCUT2D eigenvalue weighted by atomic mass is 16.5. The molecule has 0 amide bonds. The number of fused-ring (bicyclic) bond motifs is 1. The minimum Gasteiger partial charge on any atom is -0.497 e. The van der Waals surface area contributed by atoms with Gasteiger partial charge in [0.25, 0.3) is 0 Å². The van der Waals surface area contributed by atoms with Crippen molar-refractivity contribution in [1.82, 2.24) is 29.4 Å². The van der Waals surface area contributed by atoms with E-state index in [1.165, 1.54) is 12.0 Å². The third kappa shape index (κ3) is 8.35. The number of hydrogen-bond acceptors (Lipinski definition) is 10. The van der Waals surface area contributed by atoms with Crippen LogP contribution in [0.3, 0.4) is 0 Å². The van der Waals surface area contributed by atoms with Gasteiger partial charge in [-0.3, -0.25) is 4.90 Å². The number of hydrogen-bond donors (Lipinski definition) is 1. The summed E-state index contributed by atoms with van der Waals surface area (Å²) >= 11 is 0. The van der Waals surface area contributed by atoms with Gasteiger partial charge >= 0.3 is 6.01 Å². The number of methoxy groups -OCH3 is 2. The maximum absolute atomic E-state index is 11.7. The van der Waals surface area contributed by atoms with Gasteiger partial charge in [-0.25, -0.2) is 9.50 Å². The van der Waals surface area contributed by atoms with Crippen molar-refractivity contribution in [2.45, 2.75) is 58.0 Å². The molecule has 11 nitrogen and oxygen atoms in total. The van der Waals surface area contributed by atoms with Gasteiger partial charge in [-0.15, -0.1) is 5.10 Å². The molecule has 2 atom stereocenters. The molecule has 11 heteroatoms. The Balaban J connectivity index is 1.33. The lowest BCUT2D eigenvalue weighted by atomic mass is 10.0. The van der Waals surface area contributed by atoms with Crippen molar-refractivity contribution in [2.24, 2.45) is 0 Å². The van der Waals surface area contributed by atoms with Crippen LogP contribution in [-0.2, 0) is 19.6 Å². The van der Waals surface area contributed by atoms with E-state index in [9.17, 15) is 5.11 Å². The Kier molecular flexibility index (Phi) is 11.5. The summed E-state index contributed by atoms with van der Waals surface area (Å²) in [6.45, 7) is 6.73. The molecule has 0 spiro atoms. The Bertz CT molecular complexity index is 1760. The zero-order chi connectivity index (χ0) is 35.0. The summed E-state index contributed by atoms with van der Waals surface area (Å²) in [6, 6.07) is 25.1. The Morgan fingerprint density at radius 1 is 0.880 bits per heavy atom. The lowest BCUT2D eigenvalue weighted by Crippen LogP contribution is -2.31. The van der Waals surface area contributed by atoms with Crippen LogP contribution in [0.5, 0.6) is 17.5 Å². The van der Waals surface area contributed by atoms with Crippen molar-refractivity contribution in [3.8, 4) is 17.5 Å². The molecular formula is C39H49N7O4. The third-order valence-corrected chi connectivity index (χ3v) is 9.40. The van der Waals surface area contributed by atoms with Crippen LogP contribution in [0.25, 0.3) is 5.65 Å². The molecule has 1 aliphatic rings. The highest BCUT2D eigenvalue weighted by Gasteiger charge is 2.25. The molecule has 1 N–H and O–H groups in total. The molecule has 6 rings (SSSR count). The molecule has 0 aliphatic carbocycles. The first kappa shape index (κ1) is 35.1. The molecule has 2 unspecified atom stereocenters. The van der Waals surface area contributed by atoms with Gasteiger partial charge in [-0.2, -0.15) is 4.98 Å². The fourth-order valence-electron chi connectivity index (χ4n) is 6.35. The van der Waals surface area contributed by atoms with E-state index in [2.05, 4.69) is 47.9 Å². The quantitative estimate of drug-likeness (QED) is 0.130. The number of likely N-dealkylation sites (N-methyl/N-ethyl adjacent to an activating group) is 1. The van der Waals surface area contributed by atoms with Gasteiger partial charge in [0.2, 0.25) is 0 Å². The second-order valence-corrected chi connectivity index (χ2v) is 13.2. The third-order valence-electron chi connectivity index (χ3n) is 9.40. The van der Waals surface area contributed by atoms with Crippen LogP contribution in [0.15, 0.2) is 79.0 Å². The number of benzene rings is 3. The topological polar surface area (TPSA) is 101 Å². The number of rotatable bonds is 16. The summed E-state index contributed by atoms with van der Waals surface area (Å²) in [4.78, 5) is 16.7. The van der Waals surface area contributed by atoms with Crippen LogP contribution in [0, 0.1) is 0 Å². The van der Waals surface area contributed by atoms with E-state index < -0.39 is 6.10 Å². The van der Waals surface area contributed by atoms with Crippen molar-refractivity contribution < 1.29 is 19.3 Å². The van der Waals surface area contributed by atoms with Crippen LogP contribution < -0.4 is 19.1 Å². The Labute approximate surface area is 295 Å². The normalized spacial score (nSPS) is 15.5.